The van der Waals surface area contributed by atoms with Gasteiger partial charge >= 0.3 is 0 Å². The molecule has 3 atom stereocenters. The van der Waals surface area contributed by atoms with Crippen LogP contribution in [0.5, 0.6) is 0 Å². The molecule has 0 saturated carbocycles. The summed E-state index contributed by atoms with van der Waals surface area (Å²) in [5, 5.41) is 23.0. The molecule has 3 amide bonds. The highest BCUT2D eigenvalue weighted by Gasteiger charge is 2.19. The third kappa shape index (κ3) is 6.90. The fourth-order valence-electron chi connectivity index (χ4n) is 2.48. The molecule has 0 bridgehead atoms. The summed E-state index contributed by atoms with van der Waals surface area (Å²) < 4.78 is 0. The molecule has 0 aliphatic heterocycles. The van der Waals surface area contributed by atoms with Gasteiger partial charge in [0.05, 0.1) is 6.10 Å². The highest BCUT2D eigenvalue weighted by molar-refractivity contribution is 5.97. The van der Waals surface area contributed by atoms with Crippen molar-refractivity contribution in [1.29, 1.82) is 0 Å². The number of benzene rings is 2. The number of carbonyl (C=O) groups is 3. The highest BCUT2D eigenvalue weighted by atomic mass is 16.5. The van der Waals surface area contributed by atoms with Gasteiger partial charge in [0.15, 0.2) is 0 Å². The maximum absolute atomic E-state index is 12.2. The molecule has 0 aromatic heterocycles. The molecular weight excluding hydrogens is 414 g/mol. The lowest BCUT2D eigenvalue weighted by atomic mass is 10.1. The van der Waals surface area contributed by atoms with Gasteiger partial charge in [0.25, 0.3) is 11.8 Å². The second-order valence-corrected chi connectivity index (χ2v) is 6.90. The summed E-state index contributed by atoms with van der Waals surface area (Å²) in [7, 11) is 0. The fraction of sp³-hybridized carbons (Fsp3) is 0.227. The van der Waals surface area contributed by atoms with E-state index in [0.717, 1.165) is 0 Å². The molecule has 0 spiro atoms. The Hall–Kier alpha value is -3.75. The minimum absolute atomic E-state index is 0.169. The molecule has 9 N–H and O–H groups in total. The largest absolute Gasteiger partial charge is 0.391 e. The summed E-state index contributed by atoms with van der Waals surface area (Å²) in [6.45, 7) is 1.27. The number of rotatable bonds is 7. The minimum Gasteiger partial charge on any atom is -0.391 e. The number of carbonyl (C=O) groups excluding carboxylic acids is 3. The first kappa shape index (κ1) is 24.5. The van der Waals surface area contributed by atoms with Gasteiger partial charge in [-0.05, 0) is 55.5 Å². The van der Waals surface area contributed by atoms with Gasteiger partial charge in [0, 0.05) is 28.9 Å². The molecular formula is C22H25N5O5. The molecule has 0 fully saturated rings. The van der Waals surface area contributed by atoms with Crippen LogP contribution in [0.1, 0.15) is 28.4 Å². The van der Waals surface area contributed by atoms with E-state index in [1.54, 1.807) is 48.5 Å². The Morgan fingerprint density at radius 2 is 1.50 bits per heavy atom. The van der Waals surface area contributed by atoms with Crippen molar-refractivity contribution in [3.8, 4) is 11.8 Å². The topological polar surface area (TPSA) is 180 Å². The van der Waals surface area contributed by atoms with Gasteiger partial charge in [0.2, 0.25) is 5.91 Å². The van der Waals surface area contributed by atoms with Crippen LogP contribution in [-0.4, -0.2) is 52.8 Å². The van der Waals surface area contributed by atoms with Crippen molar-refractivity contribution < 1.29 is 24.7 Å². The van der Waals surface area contributed by atoms with Crippen LogP contribution in [0.3, 0.4) is 0 Å². The molecule has 0 aliphatic carbocycles. The third-order valence-corrected chi connectivity index (χ3v) is 4.44. The minimum atomic E-state index is -1.05. The second-order valence-electron chi connectivity index (χ2n) is 6.90. The summed E-state index contributed by atoms with van der Waals surface area (Å²) in [5.74, 6) is 4.12. The first-order valence-electron chi connectivity index (χ1n) is 9.66. The van der Waals surface area contributed by atoms with Gasteiger partial charge in [-0.1, -0.05) is 11.8 Å². The van der Waals surface area contributed by atoms with Crippen molar-refractivity contribution in [1.82, 2.24) is 10.8 Å². The third-order valence-electron chi connectivity index (χ3n) is 4.44. The van der Waals surface area contributed by atoms with Crippen LogP contribution in [0.15, 0.2) is 48.5 Å². The molecule has 10 heteroatoms. The molecule has 2 rings (SSSR count). The molecule has 2 aromatic carbocycles. The van der Waals surface area contributed by atoms with Gasteiger partial charge in [-0.25, -0.2) is 5.48 Å². The molecule has 0 saturated heterocycles. The molecule has 168 valence electrons. The summed E-state index contributed by atoms with van der Waals surface area (Å²) in [5.41, 5.74) is 14.6. The Kier molecular flexibility index (Phi) is 8.88. The second kappa shape index (κ2) is 11.6. The zero-order chi connectivity index (χ0) is 23.7. The smallest absolute Gasteiger partial charge is 0.267 e. The van der Waals surface area contributed by atoms with Gasteiger partial charge in [-0.3, -0.25) is 19.6 Å². The van der Waals surface area contributed by atoms with Crippen LogP contribution >= 0.6 is 0 Å². The van der Waals surface area contributed by atoms with Crippen LogP contribution < -0.4 is 27.6 Å². The lowest BCUT2D eigenvalue weighted by Gasteiger charge is -2.14. The molecule has 1 unspecified atom stereocenters. The van der Waals surface area contributed by atoms with E-state index >= 15 is 0 Å². The van der Waals surface area contributed by atoms with Crippen molar-refractivity contribution >= 4 is 23.4 Å². The monoisotopic (exact) mass is 439 g/mol. The van der Waals surface area contributed by atoms with E-state index in [0.29, 0.717) is 22.4 Å². The fourth-order valence-corrected chi connectivity index (χ4v) is 2.48. The van der Waals surface area contributed by atoms with Crippen molar-refractivity contribution in [3.05, 3.63) is 65.2 Å². The summed E-state index contributed by atoms with van der Waals surface area (Å²) in [4.78, 5) is 35.5. The number of amides is 3. The van der Waals surface area contributed by atoms with Crippen LogP contribution in [0.4, 0.5) is 5.69 Å². The van der Waals surface area contributed by atoms with Crippen molar-refractivity contribution in [2.24, 2.45) is 11.5 Å². The Balaban J connectivity index is 2.00. The molecule has 10 nitrogen and oxygen atoms in total. The molecule has 32 heavy (non-hydrogen) atoms. The number of aliphatic hydroxyl groups excluding tert-OH is 1. The van der Waals surface area contributed by atoms with E-state index in [-0.39, 0.29) is 6.54 Å². The SMILES string of the molecule is CC(O)[C@H](N)C(=O)Nc1ccc(C#Cc2ccc(C(=O)N[C@@H](CN)C(=O)NO)cc2)cc1. The Morgan fingerprint density at radius 1 is 0.969 bits per heavy atom. The van der Waals surface area contributed by atoms with Crippen LogP contribution in [0.25, 0.3) is 0 Å². The Labute approximate surface area is 184 Å². The maximum Gasteiger partial charge on any atom is 0.267 e. The number of nitrogens with two attached hydrogens (primary N) is 2. The van der Waals surface area contributed by atoms with E-state index in [1.807, 2.05) is 0 Å². The van der Waals surface area contributed by atoms with E-state index in [9.17, 15) is 19.5 Å². The van der Waals surface area contributed by atoms with Crippen molar-refractivity contribution in [3.63, 3.8) is 0 Å². The average molecular weight is 439 g/mol. The van der Waals surface area contributed by atoms with E-state index in [2.05, 4.69) is 22.5 Å². The molecule has 2 aromatic rings. The van der Waals surface area contributed by atoms with E-state index < -0.39 is 35.9 Å². The zero-order valence-corrected chi connectivity index (χ0v) is 17.3. The van der Waals surface area contributed by atoms with E-state index in [4.69, 9.17) is 16.7 Å². The zero-order valence-electron chi connectivity index (χ0n) is 17.3. The van der Waals surface area contributed by atoms with E-state index in [1.165, 1.54) is 12.4 Å². The van der Waals surface area contributed by atoms with Crippen molar-refractivity contribution in [2.45, 2.75) is 25.1 Å². The maximum atomic E-state index is 12.2. The van der Waals surface area contributed by atoms with Gasteiger partial charge < -0.3 is 27.2 Å². The van der Waals surface area contributed by atoms with Crippen molar-refractivity contribution in [2.75, 3.05) is 11.9 Å². The quantitative estimate of drug-likeness (QED) is 0.169. The van der Waals surface area contributed by atoms with Crippen LogP contribution in [0, 0.1) is 11.8 Å². The number of anilines is 1. The van der Waals surface area contributed by atoms with Gasteiger partial charge in [-0.2, -0.15) is 0 Å². The molecule has 0 aliphatic rings. The standard InChI is InChI=1S/C22H25N5O5/c1-13(28)19(24)22(31)25-17-10-6-15(7-11-17)3-2-14-4-8-16(9-5-14)20(29)26-18(12-23)21(30)27-32/h4-11,13,18-19,28,32H,12,23-24H2,1H3,(H,25,31)(H,26,29)(H,27,30)/t13?,18-,19-/m0/s1. The van der Waals surface area contributed by atoms with Gasteiger partial charge in [-0.15, -0.1) is 0 Å². The summed E-state index contributed by atoms with van der Waals surface area (Å²) in [6, 6.07) is 11.1. The number of hydrogen-bond donors (Lipinski definition) is 7. The average Bonchev–Trinajstić information content (AvgIpc) is 2.81. The Morgan fingerprint density at radius 3 is 1.97 bits per heavy atom. The summed E-state index contributed by atoms with van der Waals surface area (Å²) in [6.07, 6.45) is -0.959. The van der Waals surface area contributed by atoms with Crippen LogP contribution in [-0.2, 0) is 9.59 Å². The van der Waals surface area contributed by atoms with Crippen LogP contribution in [0.2, 0.25) is 0 Å². The Bertz CT molecular complexity index is 1010. The van der Waals surface area contributed by atoms with Gasteiger partial charge in [0.1, 0.15) is 12.1 Å². The lowest BCUT2D eigenvalue weighted by molar-refractivity contribution is -0.130. The number of hydrogen-bond acceptors (Lipinski definition) is 7. The number of nitrogens with one attached hydrogen (secondary N) is 3. The molecule has 0 heterocycles. The number of hydroxylamine groups is 1. The summed E-state index contributed by atoms with van der Waals surface area (Å²) >= 11 is 0. The molecule has 0 radical (unpaired) electrons. The lowest BCUT2D eigenvalue weighted by Crippen LogP contribution is -2.50. The first-order valence-corrected chi connectivity index (χ1v) is 9.66. The predicted molar refractivity (Wildman–Crippen MR) is 117 cm³/mol. The predicted octanol–water partition coefficient (Wildman–Crippen LogP) is -0.704. The normalized spacial score (nSPS) is 13.0. The highest BCUT2D eigenvalue weighted by Crippen LogP contribution is 2.10. The first-order chi connectivity index (χ1) is 15.2. The number of aliphatic hydroxyl groups is 1.